The molecule has 2 heteroatoms. The maximum atomic E-state index is 3.19. The van der Waals surface area contributed by atoms with Crippen molar-refractivity contribution >= 4 is 0 Å². The Morgan fingerprint density at radius 3 is 2.37 bits per heavy atom. The van der Waals surface area contributed by atoms with Gasteiger partial charge in [-0.25, -0.2) is 0 Å². The van der Waals surface area contributed by atoms with Crippen LogP contribution in [0.5, 0.6) is 0 Å². The van der Waals surface area contributed by atoms with Gasteiger partial charge in [-0.1, -0.05) is 38.1 Å². The Bertz CT molecular complexity index is 385. The second kappa shape index (κ2) is 6.53. The first-order valence-corrected chi connectivity index (χ1v) is 7.56. The third kappa shape index (κ3) is 3.80. The summed E-state index contributed by atoms with van der Waals surface area (Å²) in [5.41, 5.74) is 2.80. The molecule has 2 nitrogen and oxygen atoms in total. The van der Waals surface area contributed by atoms with Crippen molar-refractivity contribution in [2.75, 3.05) is 13.6 Å². The topological polar surface area (TPSA) is 15.3 Å². The first-order chi connectivity index (χ1) is 9.10. The molecule has 1 aromatic carbocycles. The highest BCUT2D eigenvalue weighted by Crippen LogP contribution is 2.28. The monoisotopic (exact) mass is 260 g/mol. The standard InChI is InChI=1S/C17H28N2/c1-13-9-14(2)15(3)19(11-13)12-17-7-5-16(6-8-17)10-18-4/h5-8,13-15,18H,9-12H2,1-4H3. The SMILES string of the molecule is CNCc1ccc(CN2CC(C)CC(C)C2C)cc1. The molecule has 0 amide bonds. The molecule has 1 aliphatic rings. The quantitative estimate of drug-likeness (QED) is 0.894. The first kappa shape index (κ1) is 14.5. The molecule has 0 saturated carbocycles. The van der Waals surface area contributed by atoms with Crippen molar-refractivity contribution in [2.45, 2.75) is 46.3 Å². The molecular formula is C17H28N2. The molecule has 2 rings (SSSR count). The molecule has 1 heterocycles. The maximum Gasteiger partial charge on any atom is 0.0236 e. The average molecular weight is 260 g/mol. The summed E-state index contributed by atoms with van der Waals surface area (Å²) >= 11 is 0. The first-order valence-electron chi connectivity index (χ1n) is 7.56. The fourth-order valence-corrected chi connectivity index (χ4v) is 3.24. The van der Waals surface area contributed by atoms with Gasteiger partial charge in [0, 0.05) is 25.7 Å². The summed E-state index contributed by atoms with van der Waals surface area (Å²) in [6, 6.07) is 9.75. The van der Waals surface area contributed by atoms with Crippen LogP contribution >= 0.6 is 0 Å². The Morgan fingerprint density at radius 1 is 1.11 bits per heavy atom. The fourth-order valence-electron chi connectivity index (χ4n) is 3.24. The minimum absolute atomic E-state index is 0.702. The zero-order valence-corrected chi connectivity index (χ0v) is 12.8. The van der Waals surface area contributed by atoms with Gasteiger partial charge >= 0.3 is 0 Å². The van der Waals surface area contributed by atoms with Crippen LogP contribution in [-0.2, 0) is 13.1 Å². The number of benzene rings is 1. The van der Waals surface area contributed by atoms with E-state index in [0.29, 0.717) is 6.04 Å². The van der Waals surface area contributed by atoms with E-state index in [-0.39, 0.29) is 0 Å². The number of nitrogens with zero attached hydrogens (tertiary/aromatic N) is 1. The lowest BCUT2D eigenvalue weighted by molar-refractivity contribution is 0.0729. The molecule has 0 aromatic heterocycles. The molecule has 0 bridgehead atoms. The predicted octanol–water partition coefficient (Wildman–Crippen LogP) is 3.27. The molecule has 19 heavy (non-hydrogen) atoms. The normalized spacial score (nSPS) is 28.5. The number of hydrogen-bond acceptors (Lipinski definition) is 2. The Kier molecular flexibility index (Phi) is 5.00. The summed E-state index contributed by atoms with van der Waals surface area (Å²) in [5, 5.41) is 3.19. The van der Waals surface area contributed by atoms with Gasteiger partial charge in [0.1, 0.15) is 0 Å². The minimum atomic E-state index is 0.702. The van der Waals surface area contributed by atoms with E-state index in [1.807, 2.05) is 7.05 Å². The van der Waals surface area contributed by atoms with Gasteiger partial charge < -0.3 is 5.32 Å². The van der Waals surface area contributed by atoms with Gasteiger partial charge in [0.15, 0.2) is 0 Å². The Balaban J connectivity index is 1.99. The summed E-state index contributed by atoms with van der Waals surface area (Å²) in [6.45, 7) is 10.4. The molecule has 1 fully saturated rings. The molecule has 106 valence electrons. The van der Waals surface area contributed by atoms with Crippen LogP contribution < -0.4 is 5.32 Å². The van der Waals surface area contributed by atoms with E-state index >= 15 is 0 Å². The zero-order chi connectivity index (χ0) is 13.8. The van der Waals surface area contributed by atoms with Gasteiger partial charge in [-0.15, -0.1) is 0 Å². The van der Waals surface area contributed by atoms with E-state index in [4.69, 9.17) is 0 Å². The van der Waals surface area contributed by atoms with E-state index in [1.54, 1.807) is 0 Å². The molecule has 1 saturated heterocycles. The van der Waals surface area contributed by atoms with E-state index in [0.717, 1.165) is 24.9 Å². The minimum Gasteiger partial charge on any atom is -0.316 e. The van der Waals surface area contributed by atoms with Crippen LogP contribution in [-0.4, -0.2) is 24.5 Å². The van der Waals surface area contributed by atoms with E-state index in [9.17, 15) is 0 Å². The lowest BCUT2D eigenvalue weighted by Gasteiger charge is -2.41. The molecule has 0 aliphatic carbocycles. The smallest absolute Gasteiger partial charge is 0.0236 e. The number of nitrogens with one attached hydrogen (secondary N) is 1. The van der Waals surface area contributed by atoms with Crippen molar-refractivity contribution in [1.29, 1.82) is 0 Å². The molecule has 0 radical (unpaired) electrons. The van der Waals surface area contributed by atoms with Crippen molar-refractivity contribution in [2.24, 2.45) is 11.8 Å². The van der Waals surface area contributed by atoms with Crippen LogP contribution in [0.2, 0.25) is 0 Å². The highest BCUT2D eigenvalue weighted by atomic mass is 15.2. The molecule has 3 atom stereocenters. The van der Waals surface area contributed by atoms with Crippen molar-refractivity contribution in [3.05, 3.63) is 35.4 Å². The van der Waals surface area contributed by atoms with Gasteiger partial charge in [-0.3, -0.25) is 4.90 Å². The van der Waals surface area contributed by atoms with Crippen molar-refractivity contribution in [3.8, 4) is 0 Å². The molecule has 1 aromatic rings. The summed E-state index contributed by atoms with van der Waals surface area (Å²) in [6.07, 6.45) is 1.37. The van der Waals surface area contributed by atoms with Crippen molar-refractivity contribution < 1.29 is 0 Å². The Morgan fingerprint density at radius 2 is 1.74 bits per heavy atom. The average Bonchev–Trinajstić information content (AvgIpc) is 2.38. The molecule has 1 N–H and O–H groups in total. The lowest BCUT2D eigenvalue weighted by atomic mass is 9.86. The number of rotatable bonds is 4. The van der Waals surface area contributed by atoms with Gasteiger partial charge in [0.05, 0.1) is 0 Å². The largest absolute Gasteiger partial charge is 0.316 e. The van der Waals surface area contributed by atoms with Gasteiger partial charge in [-0.05, 0) is 43.4 Å². The Labute approximate surface area is 118 Å². The second-order valence-corrected chi connectivity index (χ2v) is 6.34. The second-order valence-electron chi connectivity index (χ2n) is 6.34. The number of piperidine rings is 1. The van der Waals surface area contributed by atoms with Crippen LogP contribution in [0.4, 0.5) is 0 Å². The Hall–Kier alpha value is -0.860. The lowest BCUT2D eigenvalue weighted by Crippen LogP contribution is -2.45. The summed E-state index contributed by atoms with van der Waals surface area (Å²) in [7, 11) is 1.99. The van der Waals surface area contributed by atoms with Crippen LogP contribution in [0.1, 0.15) is 38.3 Å². The van der Waals surface area contributed by atoms with Crippen molar-refractivity contribution in [3.63, 3.8) is 0 Å². The zero-order valence-electron chi connectivity index (χ0n) is 12.8. The molecular weight excluding hydrogens is 232 g/mol. The maximum absolute atomic E-state index is 3.19. The summed E-state index contributed by atoms with van der Waals surface area (Å²) in [4.78, 5) is 2.64. The van der Waals surface area contributed by atoms with E-state index in [1.165, 1.54) is 24.1 Å². The fraction of sp³-hybridized carbons (Fsp3) is 0.647. The van der Waals surface area contributed by atoms with Crippen LogP contribution in [0, 0.1) is 11.8 Å². The van der Waals surface area contributed by atoms with Crippen molar-refractivity contribution in [1.82, 2.24) is 10.2 Å². The van der Waals surface area contributed by atoms with Crippen LogP contribution in [0.25, 0.3) is 0 Å². The highest BCUT2D eigenvalue weighted by Gasteiger charge is 2.28. The third-order valence-corrected chi connectivity index (χ3v) is 4.51. The van der Waals surface area contributed by atoms with E-state index in [2.05, 4.69) is 55.3 Å². The van der Waals surface area contributed by atoms with Crippen LogP contribution in [0.3, 0.4) is 0 Å². The molecule has 1 aliphatic heterocycles. The summed E-state index contributed by atoms with van der Waals surface area (Å²) in [5.74, 6) is 1.64. The number of hydrogen-bond donors (Lipinski definition) is 1. The summed E-state index contributed by atoms with van der Waals surface area (Å²) < 4.78 is 0. The van der Waals surface area contributed by atoms with E-state index < -0.39 is 0 Å². The molecule has 3 unspecified atom stereocenters. The van der Waals surface area contributed by atoms with Gasteiger partial charge in [0.25, 0.3) is 0 Å². The number of likely N-dealkylation sites (tertiary alicyclic amines) is 1. The highest BCUT2D eigenvalue weighted by molar-refractivity contribution is 5.22. The third-order valence-electron chi connectivity index (χ3n) is 4.51. The molecule has 0 spiro atoms. The predicted molar refractivity (Wildman–Crippen MR) is 82.0 cm³/mol. The van der Waals surface area contributed by atoms with Gasteiger partial charge in [-0.2, -0.15) is 0 Å². The van der Waals surface area contributed by atoms with Gasteiger partial charge in [0.2, 0.25) is 0 Å². The van der Waals surface area contributed by atoms with Crippen LogP contribution in [0.15, 0.2) is 24.3 Å².